The van der Waals surface area contributed by atoms with Crippen LogP contribution in [-0.2, 0) is 11.8 Å². The molecule has 0 aliphatic heterocycles. The van der Waals surface area contributed by atoms with Gasteiger partial charge in [-0.3, -0.25) is 4.79 Å². The molecule has 30 heavy (non-hydrogen) atoms. The van der Waals surface area contributed by atoms with Crippen LogP contribution in [0.3, 0.4) is 0 Å². The minimum Gasteiger partial charge on any atom is -0.497 e. The predicted molar refractivity (Wildman–Crippen MR) is 115 cm³/mol. The molecule has 4 rings (SSSR count). The summed E-state index contributed by atoms with van der Waals surface area (Å²) >= 11 is 0. The largest absolute Gasteiger partial charge is 0.497 e. The quantitative estimate of drug-likeness (QED) is 0.392. The number of ether oxygens (including phenoxy) is 1. The van der Waals surface area contributed by atoms with Crippen LogP contribution in [0.1, 0.15) is 0 Å². The average Bonchev–Trinajstić information content (AvgIpc) is 3.09. The number of aromatic nitrogens is 3. The fourth-order valence-corrected chi connectivity index (χ4v) is 3.37. The molecule has 1 N–H and O–H groups in total. The highest BCUT2D eigenvalue weighted by molar-refractivity contribution is 6.00. The Labute approximate surface area is 172 Å². The molecule has 4 aromatic rings. The van der Waals surface area contributed by atoms with Gasteiger partial charge in [-0.05, 0) is 41.5 Å². The highest BCUT2D eigenvalue weighted by atomic mass is 19.1. The van der Waals surface area contributed by atoms with Crippen LogP contribution >= 0.6 is 0 Å². The Kier molecular flexibility index (Phi) is 5.02. The molecule has 0 bridgehead atoms. The Hall–Kier alpha value is -4.00. The molecule has 0 aliphatic rings. The maximum atomic E-state index is 13.7. The molecule has 3 heterocycles. The number of carbonyl (C=O) groups excluding carboxylic acids is 1. The smallest absolute Gasteiger partial charge is 0.247 e. The van der Waals surface area contributed by atoms with E-state index in [0.717, 1.165) is 33.3 Å². The van der Waals surface area contributed by atoms with Crippen molar-refractivity contribution < 1.29 is 13.9 Å². The third-order valence-electron chi connectivity index (χ3n) is 4.78. The van der Waals surface area contributed by atoms with Crippen LogP contribution in [0.2, 0.25) is 0 Å². The number of amides is 1. The molecule has 0 spiro atoms. The van der Waals surface area contributed by atoms with E-state index < -0.39 is 5.95 Å². The zero-order chi connectivity index (χ0) is 21.3. The van der Waals surface area contributed by atoms with Crippen molar-refractivity contribution in [3.8, 4) is 28.0 Å². The summed E-state index contributed by atoms with van der Waals surface area (Å²) < 4.78 is 21.0. The van der Waals surface area contributed by atoms with Gasteiger partial charge >= 0.3 is 0 Å². The Morgan fingerprint density at radius 3 is 2.73 bits per heavy atom. The Morgan fingerprint density at radius 2 is 2.00 bits per heavy atom. The second-order valence-corrected chi connectivity index (χ2v) is 6.76. The van der Waals surface area contributed by atoms with Gasteiger partial charge in [0.05, 0.1) is 7.11 Å². The summed E-state index contributed by atoms with van der Waals surface area (Å²) in [6, 6.07) is 10.6. The van der Waals surface area contributed by atoms with E-state index in [-0.39, 0.29) is 5.91 Å². The summed E-state index contributed by atoms with van der Waals surface area (Å²) in [5.41, 5.74) is 4.58. The van der Waals surface area contributed by atoms with E-state index in [0.29, 0.717) is 11.4 Å². The Bertz CT molecular complexity index is 1280. The van der Waals surface area contributed by atoms with Crippen molar-refractivity contribution >= 4 is 22.6 Å². The topological polar surface area (TPSA) is 69.0 Å². The third-order valence-corrected chi connectivity index (χ3v) is 4.78. The predicted octanol–water partition coefficient (Wildman–Crippen LogP) is 4.57. The maximum Gasteiger partial charge on any atom is 0.247 e. The van der Waals surface area contributed by atoms with Crippen LogP contribution in [0.15, 0.2) is 67.6 Å². The number of carbonyl (C=O) groups is 1. The number of halogens is 1. The van der Waals surface area contributed by atoms with E-state index in [1.54, 1.807) is 25.4 Å². The van der Waals surface area contributed by atoms with Crippen molar-refractivity contribution in [2.24, 2.45) is 7.05 Å². The van der Waals surface area contributed by atoms with Crippen LogP contribution in [-0.4, -0.2) is 27.6 Å². The number of hydrogen-bond donors (Lipinski definition) is 1. The zero-order valence-electron chi connectivity index (χ0n) is 16.5. The minimum atomic E-state index is -0.538. The molecule has 1 aromatic carbocycles. The van der Waals surface area contributed by atoms with Gasteiger partial charge in [0.1, 0.15) is 11.4 Å². The van der Waals surface area contributed by atoms with E-state index in [9.17, 15) is 9.18 Å². The first kappa shape index (κ1) is 19.3. The van der Waals surface area contributed by atoms with Crippen LogP contribution in [0.5, 0.6) is 5.75 Å². The van der Waals surface area contributed by atoms with E-state index in [4.69, 9.17) is 4.74 Å². The highest BCUT2D eigenvalue weighted by Gasteiger charge is 2.13. The SMILES string of the molecule is C=CC(=O)Nc1cc(OC)cc(-c2cnc3c(c2)c(-c2ccnc(F)c2)cn3C)c1. The number of benzene rings is 1. The fraction of sp³-hybridized carbons (Fsp3) is 0.0870. The molecule has 6 nitrogen and oxygen atoms in total. The monoisotopic (exact) mass is 402 g/mol. The van der Waals surface area contributed by atoms with Crippen molar-refractivity contribution in [2.45, 2.75) is 0 Å². The lowest BCUT2D eigenvalue weighted by Crippen LogP contribution is -2.07. The fourth-order valence-electron chi connectivity index (χ4n) is 3.37. The van der Waals surface area contributed by atoms with Gasteiger partial charge in [-0.15, -0.1) is 0 Å². The minimum absolute atomic E-state index is 0.312. The highest BCUT2D eigenvalue weighted by Crippen LogP contribution is 2.34. The summed E-state index contributed by atoms with van der Waals surface area (Å²) in [7, 11) is 3.46. The molecule has 3 aromatic heterocycles. The molecular weight excluding hydrogens is 383 g/mol. The van der Waals surface area contributed by atoms with Gasteiger partial charge in [0.25, 0.3) is 0 Å². The average molecular weight is 402 g/mol. The van der Waals surface area contributed by atoms with Crippen LogP contribution in [0, 0.1) is 5.95 Å². The molecule has 1 amide bonds. The molecule has 0 aliphatic carbocycles. The van der Waals surface area contributed by atoms with Gasteiger partial charge in [0.2, 0.25) is 11.9 Å². The first-order valence-corrected chi connectivity index (χ1v) is 9.18. The number of hydrogen-bond acceptors (Lipinski definition) is 4. The molecule has 150 valence electrons. The van der Waals surface area contributed by atoms with Crippen LogP contribution in [0.4, 0.5) is 10.1 Å². The summed E-state index contributed by atoms with van der Waals surface area (Å²) in [6.45, 7) is 3.47. The molecule has 0 saturated carbocycles. The second-order valence-electron chi connectivity index (χ2n) is 6.76. The third kappa shape index (κ3) is 3.65. The maximum absolute atomic E-state index is 13.7. The van der Waals surface area contributed by atoms with Crippen molar-refractivity contribution in [3.63, 3.8) is 0 Å². The number of aryl methyl sites for hydroxylation is 1. The van der Waals surface area contributed by atoms with E-state index in [2.05, 4.69) is 21.9 Å². The molecule has 0 atom stereocenters. The molecule has 7 heteroatoms. The summed E-state index contributed by atoms with van der Waals surface area (Å²) in [5, 5.41) is 3.63. The van der Waals surface area contributed by atoms with Crippen molar-refractivity contribution in [1.29, 1.82) is 0 Å². The van der Waals surface area contributed by atoms with Crippen molar-refractivity contribution in [1.82, 2.24) is 14.5 Å². The van der Waals surface area contributed by atoms with Crippen LogP contribution < -0.4 is 10.1 Å². The summed E-state index contributed by atoms with van der Waals surface area (Å²) in [4.78, 5) is 19.9. The number of anilines is 1. The number of nitrogens with zero attached hydrogens (tertiary/aromatic N) is 3. The van der Waals surface area contributed by atoms with Gasteiger partial charge in [-0.25, -0.2) is 9.97 Å². The van der Waals surface area contributed by atoms with Gasteiger partial charge in [-0.1, -0.05) is 6.58 Å². The van der Waals surface area contributed by atoms with Crippen molar-refractivity contribution in [3.05, 3.63) is 73.6 Å². The molecule has 0 unspecified atom stereocenters. The first-order chi connectivity index (χ1) is 14.5. The Balaban J connectivity index is 1.86. The normalized spacial score (nSPS) is 10.8. The van der Waals surface area contributed by atoms with Crippen molar-refractivity contribution in [2.75, 3.05) is 12.4 Å². The lowest BCUT2D eigenvalue weighted by molar-refractivity contribution is -0.111. The number of rotatable bonds is 5. The van der Waals surface area contributed by atoms with E-state index in [1.807, 2.05) is 36.0 Å². The van der Waals surface area contributed by atoms with Gasteiger partial charge in [0.15, 0.2) is 0 Å². The van der Waals surface area contributed by atoms with Gasteiger partial charge in [0, 0.05) is 60.0 Å². The number of fused-ring (bicyclic) bond motifs is 1. The molecular formula is C23H19FN4O2. The lowest BCUT2D eigenvalue weighted by atomic mass is 10.0. The Morgan fingerprint density at radius 1 is 1.17 bits per heavy atom. The molecule has 0 saturated heterocycles. The summed E-state index contributed by atoms with van der Waals surface area (Å²) in [6.07, 6.45) is 6.32. The molecule has 0 fully saturated rings. The second kappa shape index (κ2) is 7.79. The number of methoxy groups -OCH3 is 1. The van der Waals surface area contributed by atoms with E-state index in [1.165, 1.54) is 18.3 Å². The molecule has 0 radical (unpaired) electrons. The zero-order valence-corrected chi connectivity index (χ0v) is 16.5. The van der Waals surface area contributed by atoms with E-state index >= 15 is 0 Å². The first-order valence-electron chi connectivity index (χ1n) is 9.18. The summed E-state index contributed by atoms with van der Waals surface area (Å²) in [5.74, 6) is -0.256. The lowest BCUT2D eigenvalue weighted by Gasteiger charge is -2.10. The standard InChI is InChI=1S/C23H19FN4O2/c1-4-22(29)27-17-7-15(8-18(11-17)30-3)16-9-19-20(13-28(2)23(19)26-12-16)14-5-6-25-21(24)10-14/h4-13H,1H2,2-3H3,(H,27,29). The van der Waals surface area contributed by atoms with Gasteiger partial charge in [-0.2, -0.15) is 4.39 Å². The number of nitrogens with one attached hydrogen (secondary N) is 1. The van der Waals surface area contributed by atoms with Gasteiger partial charge < -0.3 is 14.6 Å². The number of pyridine rings is 2. The van der Waals surface area contributed by atoms with Crippen LogP contribution in [0.25, 0.3) is 33.3 Å².